The van der Waals surface area contributed by atoms with E-state index in [4.69, 9.17) is 4.42 Å². The zero-order valence-corrected chi connectivity index (χ0v) is 14.0. The fourth-order valence-corrected chi connectivity index (χ4v) is 3.29. The third-order valence-electron chi connectivity index (χ3n) is 3.61. The van der Waals surface area contributed by atoms with Crippen LogP contribution in [0.15, 0.2) is 34.6 Å². The fraction of sp³-hybridized carbons (Fsp3) is 0.333. The summed E-state index contributed by atoms with van der Waals surface area (Å²) in [5.74, 6) is 1.81. The van der Waals surface area contributed by atoms with E-state index in [9.17, 15) is 9.59 Å². The Bertz CT molecular complexity index is 766. The highest BCUT2D eigenvalue weighted by molar-refractivity contribution is 7.99. The smallest absolute Gasteiger partial charge is 0.324 e. The van der Waals surface area contributed by atoms with Gasteiger partial charge in [-0.15, -0.1) is 16.8 Å². The molecule has 1 aliphatic rings. The van der Waals surface area contributed by atoms with Crippen molar-refractivity contribution in [3.63, 3.8) is 0 Å². The minimum absolute atomic E-state index is 0.0695. The lowest BCUT2D eigenvalue weighted by Gasteiger charge is -2.12. The Morgan fingerprint density at radius 1 is 1.46 bits per heavy atom. The number of nitrogens with zero attached hydrogens (tertiary/aromatic N) is 4. The molecule has 0 saturated carbocycles. The van der Waals surface area contributed by atoms with Crippen LogP contribution in [0.2, 0.25) is 0 Å². The second-order valence-electron chi connectivity index (χ2n) is 5.15. The van der Waals surface area contributed by atoms with Crippen LogP contribution in [0.5, 0.6) is 0 Å². The third-order valence-corrected chi connectivity index (χ3v) is 4.56. The van der Waals surface area contributed by atoms with Gasteiger partial charge in [0.25, 0.3) is 0 Å². The molecule has 0 atom stereocenters. The molecule has 0 unspecified atom stereocenters. The molecule has 1 aliphatic heterocycles. The number of hydrogen-bond acceptors (Lipinski definition) is 6. The van der Waals surface area contributed by atoms with Crippen LogP contribution in [0.25, 0.3) is 11.4 Å². The summed E-state index contributed by atoms with van der Waals surface area (Å²) >= 11 is 1.44. The number of imide groups is 1. The molecule has 3 rings (SSSR count). The lowest BCUT2D eigenvalue weighted by molar-refractivity contribution is -0.124. The van der Waals surface area contributed by atoms with E-state index in [1.54, 1.807) is 12.3 Å². The molecule has 3 heterocycles. The van der Waals surface area contributed by atoms with Gasteiger partial charge in [0.2, 0.25) is 5.91 Å². The first kappa shape index (κ1) is 16.3. The van der Waals surface area contributed by atoms with Crippen molar-refractivity contribution in [2.45, 2.75) is 18.6 Å². The van der Waals surface area contributed by atoms with Crippen molar-refractivity contribution in [1.29, 1.82) is 0 Å². The van der Waals surface area contributed by atoms with E-state index in [-0.39, 0.29) is 18.5 Å². The third kappa shape index (κ3) is 3.07. The summed E-state index contributed by atoms with van der Waals surface area (Å²) in [7, 11) is 0. The molecule has 3 amide bonds. The molecule has 2 aromatic heterocycles. The summed E-state index contributed by atoms with van der Waals surface area (Å²) in [6, 6.07) is 1.50. The molecule has 8 nitrogen and oxygen atoms in total. The van der Waals surface area contributed by atoms with Crippen molar-refractivity contribution < 1.29 is 14.0 Å². The van der Waals surface area contributed by atoms with Crippen LogP contribution in [0.4, 0.5) is 4.79 Å². The van der Waals surface area contributed by atoms with E-state index in [1.807, 2.05) is 17.6 Å². The lowest BCUT2D eigenvalue weighted by Crippen LogP contribution is -2.32. The van der Waals surface area contributed by atoms with E-state index in [0.717, 1.165) is 11.3 Å². The van der Waals surface area contributed by atoms with Crippen molar-refractivity contribution >= 4 is 23.7 Å². The van der Waals surface area contributed by atoms with Crippen LogP contribution in [0.1, 0.15) is 5.76 Å². The fourth-order valence-electron chi connectivity index (χ4n) is 2.42. The molecule has 0 radical (unpaired) electrons. The number of carbonyl (C=O) groups excluding carboxylic acids is 2. The van der Waals surface area contributed by atoms with Gasteiger partial charge in [-0.25, -0.2) is 4.79 Å². The normalized spacial score (nSPS) is 14.3. The van der Waals surface area contributed by atoms with E-state index < -0.39 is 0 Å². The van der Waals surface area contributed by atoms with Crippen LogP contribution in [-0.4, -0.2) is 50.4 Å². The van der Waals surface area contributed by atoms with E-state index in [0.29, 0.717) is 29.8 Å². The Kier molecular flexibility index (Phi) is 4.70. The zero-order chi connectivity index (χ0) is 17.1. The van der Waals surface area contributed by atoms with Crippen molar-refractivity contribution in [1.82, 2.24) is 25.0 Å². The van der Waals surface area contributed by atoms with E-state index in [2.05, 4.69) is 22.1 Å². The number of furan rings is 1. The summed E-state index contributed by atoms with van der Waals surface area (Å²) in [5.41, 5.74) is 0.880. The highest BCUT2D eigenvalue weighted by atomic mass is 32.2. The van der Waals surface area contributed by atoms with Gasteiger partial charge >= 0.3 is 6.03 Å². The standard InChI is InChI=1S/C15H17N5O3S/c1-3-5-20-13(11-4-7-23-10(11)2)17-18-15(20)24-8-6-19-12(21)9-16-14(19)22/h3-4,7H,1,5-6,8-9H2,2H3,(H,16,22). The highest BCUT2D eigenvalue weighted by Gasteiger charge is 2.28. The SMILES string of the molecule is C=CCn1c(SCCN2C(=O)CNC2=O)nnc1-c1ccoc1C. The Morgan fingerprint density at radius 3 is 2.92 bits per heavy atom. The maximum Gasteiger partial charge on any atom is 0.324 e. The van der Waals surface area contributed by atoms with Crippen LogP contribution in [0.3, 0.4) is 0 Å². The Morgan fingerprint density at radius 2 is 2.29 bits per heavy atom. The van der Waals surface area contributed by atoms with Crippen LogP contribution in [0, 0.1) is 6.92 Å². The van der Waals surface area contributed by atoms with Gasteiger partial charge in [-0.05, 0) is 13.0 Å². The minimum Gasteiger partial charge on any atom is -0.469 e. The predicted molar refractivity (Wildman–Crippen MR) is 88.5 cm³/mol. The second kappa shape index (κ2) is 6.91. The number of hydrogen-bond donors (Lipinski definition) is 1. The Labute approximate surface area is 142 Å². The lowest BCUT2D eigenvalue weighted by atomic mass is 10.2. The van der Waals surface area contributed by atoms with Crippen molar-refractivity contribution in [3.8, 4) is 11.4 Å². The largest absolute Gasteiger partial charge is 0.469 e. The molecule has 0 aliphatic carbocycles. The van der Waals surface area contributed by atoms with Gasteiger partial charge in [0.1, 0.15) is 5.76 Å². The summed E-state index contributed by atoms with van der Waals surface area (Å²) in [5, 5.41) is 11.7. The molecule has 0 spiro atoms. The van der Waals surface area contributed by atoms with Crippen LogP contribution < -0.4 is 5.32 Å². The molecule has 1 fully saturated rings. The number of amides is 3. The van der Waals surface area contributed by atoms with Gasteiger partial charge in [-0.3, -0.25) is 14.3 Å². The van der Waals surface area contributed by atoms with Gasteiger partial charge in [-0.1, -0.05) is 17.8 Å². The first-order chi connectivity index (χ1) is 11.6. The number of nitrogens with one attached hydrogen (secondary N) is 1. The Hall–Kier alpha value is -2.55. The number of rotatable bonds is 7. The van der Waals surface area contributed by atoms with Crippen LogP contribution >= 0.6 is 11.8 Å². The van der Waals surface area contributed by atoms with Crippen molar-refractivity contribution in [2.24, 2.45) is 0 Å². The number of urea groups is 1. The van der Waals surface area contributed by atoms with Gasteiger partial charge in [-0.2, -0.15) is 0 Å². The molecule has 1 N–H and O–H groups in total. The molecule has 24 heavy (non-hydrogen) atoms. The van der Waals surface area contributed by atoms with Crippen molar-refractivity contribution in [2.75, 3.05) is 18.8 Å². The maximum absolute atomic E-state index is 11.6. The molecular weight excluding hydrogens is 330 g/mol. The highest BCUT2D eigenvalue weighted by Crippen LogP contribution is 2.27. The van der Waals surface area contributed by atoms with Gasteiger partial charge in [0.15, 0.2) is 11.0 Å². The molecule has 1 saturated heterocycles. The molecule has 0 aromatic carbocycles. The molecule has 126 valence electrons. The number of aromatic nitrogens is 3. The number of carbonyl (C=O) groups is 2. The average Bonchev–Trinajstić information content (AvgIpc) is 3.23. The number of thioether (sulfide) groups is 1. The summed E-state index contributed by atoms with van der Waals surface area (Å²) < 4.78 is 7.26. The zero-order valence-electron chi connectivity index (χ0n) is 13.2. The second-order valence-corrected chi connectivity index (χ2v) is 6.21. The maximum atomic E-state index is 11.6. The first-order valence-corrected chi connectivity index (χ1v) is 8.40. The van der Waals surface area contributed by atoms with Gasteiger partial charge < -0.3 is 9.73 Å². The monoisotopic (exact) mass is 347 g/mol. The molecular formula is C15H17N5O3S. The minimum atomic E-state index is -0.345. The average molecular weight is 347 g/mol. The summed E-state index contributed by atoms with van der Waals surface area (Å²) in [6.45, 7) is 6.59. The number of allylic oxidation sites excluding steroid dienone is 1. The number of aryl methyl sites for hydroxylation is 1. The van der Waals surface area contributed by atoms with E-state index in [1.165, 1.54) is 16.7 Å². The first-order valence-electron chi connectivity index (χ1n) is 7.41. The topological polar surface area (TPSA) is 93.3 Å². The molecule has 9 heteroatoms. The van der Waals surface area contributed by atoms with Crippen molar-refractivity contribution in [3.05, 3.63) is 30.7 Å². The van der Waals surface area contributed by atoms with E-state index >= 15 is 0 Å². The summed E-state index contributed by atoms with van der Waals surface area (Å²) in [4.78, 5) is 24.3. The quantitative estimate of drug-likeness (QED) is 0.465. The van der Waals surface area contributed by atoms with Crippen LogP contribution in [-0.2, 0) is 11.3 Å². The summed E-state index contributed by atoms with van der Waals surface area (Å²) in [6.07, 6.45) is 3.38. The predicted octanol–water partition coefficient (Wildman–Crippen LogP) is 1.68. The van der Waals surface area contributed by atoms with Gasteiger partial charge in [0.05, 0.1) is 18.4 Å². The molecule has 0 bridgehead atoms. The Balaban J connectivity index is 1.73. The van der Waals surface area contributed by atoms with Gasteiger partial charge in [0, 0.05) is 18.8 Å². The molecule has 2 aromatic rings.